The molecule has 1 aliphatic rings. The monoisotopic (exact) mass is 251 g/mol. The smallest absolute Gasteiger partial charge is 0.349 e. The number of anilines is 1. The zero-order valence-electron chi connectivity index (χ0n) is 10.8. The number of cyclic esters (lactones) is 1. The van der Waals surface area contributed by atoms with E-state index in [2.05, 4.69) is 23.5 Å². The first-order valence-corrected chi connectivity index (χ1v) is 6.12. The first-order valence-electron chi connectivity index (χ1n) is 6.12. The maximum atomic E-state index is 11.7. The van der Waals surface area contributed by atoms with E-state index in [0.717, 1.165) is 22.4 Å². The summed E-state index contributed by atoms with van der Waals surface area (Å²) in [5.41, 5.74) is 4.51. The SMILES string of the molecule is Cc1ccc(C)c(NC2OC(=O)c3c#cccc32)c1. The minimum Gasteiger partial charge on any atom is -0.433 e. The summed E-state index contributed by atoms with van der Waals surface area (Å²) >= 11 is 0. The van der Waals surface area contributed by atoms with Gasteiger partial charge in [-0.15, -0.1) is 0 Å². The Bertz CT molecular complexity index is 649. The molecule has 1 unspecified atom stereocenters. The van der Waals surface area contributed by atoms with Gasteiger partial charge >= 0.3 is 5.97 Å². The number of nitrogens with one attached hydrogen (secondary N) is 1. The molecule has 19 heavy (non-hydrogen) atoms. The van der Waals surface area contributed by atoms with E-state index in [1.807, 2.05) is 32.0 Å². The van der Waals surface area contributed by atoms with Crippen molar-refractivity contribution >= 4 is 11.7 Å². The summed E-state index contributed by atoms with van der Waals surface area (Å²) in [6.45, 7) is 4.05. The predicted octanol–water partition coefficient (Wildman–Crippen LogP) is 3.18. The van der Waals surface area contributed by atoms with E-state index in [-0.39, 0.29) is 5.97 Å². The number of hydrogen-bond donors (Lipinski definition) is 1. The molecular formula is C16H13NO2. The van der Waals surface area contributed by atoms with Gasteiger partial charge in [-0.25, -0.2) is 4.79 Å². The lowest BCUT2D eigenvalue weighted by atomic mass is 10.1. The lowest BCUT2D eigenvalue weighted by molar-refractivity contribution is 0.0437. The standard InChI is InChI=1S/C16H13NO2/c1-10-7-8-11(2)14(9-10)17-15-12-5-3-4-6-13(12)16(18)19-15/h3,5,7-9,15,17H,1-2H3. The molecule has 1 heterocycles. The zero-order chi connectivity index (χ0) is 13.4. The Labute approximate surface area is 112 Å². The molecule has 0 bridgehead atoms. The van der Waals surface area contributed by atoms with Gasteiger partial charge in [0.2, 0.25) is 6.23 Å². The van der Waals surface area contributed by atoms with Gasteiger partial charge in [0.1, 0.15) is 5.56 Å². The number of esters is 1. The van der Waals surface area contributed by atoms with Crippen LogP contribution in [-0.2, 0) is 4.74 Å². The minimum absolute atomic E-state index is 0.352. The number of ether oxygens (including phenoxy) is 1. The molecule has 1 atom stereocenters. The second kappa shape index (κ2) is 4.33. The zero-order valence-corrected chi connectivity index (χ0v) is 10.8. The van der Waals surface area contributed by atoms with Crippen LogP contribution in [0.4, 0.5) is 5.69 Å². The van der Waals surface area contributed by atoms with E-state index in [0.29, 0.717) is 5.56 Å². The fraction of sp³-hybridized carbons (Fsp3) is 0.188. The van der Waals surface area contributed by atoms with Crippen molar-refractivity contribution in [2.45, 2.75) is 20.1 Å². The van der Waals surface area contributed by atoms with Crippen LogP contribution in [0.15, 0.2) is 30.3 Å². The van der Waals surface area contributed by atoms with Gasteiger partial charge in [0.25, 0.3) is 0 Å². The van der Waals surface area contributed by atoms with Crippen LogP contribution in [0.3, 0.4) is 0 Å². The Morgan fingerprint density at radius 2 is 2.11 bits per heavy atom. The summed E-state index contributed by atoms with van der Waals surface area (Å²) < 4.78 is 5.33. The average Bonchev–Trinajstić information content (AvgIpc) is 2.72. The van der Waals surface area contributed by atoms with Crippen molar-refractivity contribution in [3.05, 3.63) is 64.7 Å². The van der Waals surface area contributed by atoms with E-state index in [4.69, 9.17) is 4.74 Å². The van der Waals surface area contributed by atoms with Crippen LogP contribution in [0.25, 0.3) is 0 Å². The van der Waals surface area contributed by atoms with E-state index >= 15 is 0 Å². The molecule has 0 aliphatic carbocycles. The highest BCUT2D eigenvalue weighted by molar-refractivity contribution is 5.93. The number of aryl methyl sites for hydroxylation is 2. The summed E-state index contributed by atoms with van der Waals surface area (Å²) in [6.07, 6.45) is -0.450. The van der Waals surface area contributed by atoms with Crippen LogP contribution in [0.2, 0.25) is 0 Å². The molecule has 94 valence electrons. The molecule has 0 radical (unpaired) electrons. The second-order valence-corrected chi connectivity index (χ2v) is 4.68. The fourth-order valence-electron chi connectivity index (χ4n) is 2.16. The second-order valence-electron chi connectivity index (χ2n) is 4.68. The van der Waals surface area contributed by atoms with Gasteiger partial charge in [-0.2, -0.15) is 0 Å². The normalized spacial score (nSPS) is 16.5. The first kappa shape index (κ1) is 11.6. The van der Waals surface area contributed by atoms with Crippen LogP contribution < -0.4 is 5.32 Å². The van der Waals surface area contributed by atoms with Crippen molar-refractivity contribution in [3.8, 4) is 0 Å². The summed E-state index contributed by atoms with van der Waals surface area (Å²) in [4.78, 5) is 11.7. The highest BCUT2D eigenvalue weighted by Crippen LogP contribution is 2.31. The number of fused-ring (bicyclic) bond motifs is 1. The highest BCUT2D eigenvalue weighted by atomic mass is 16.6. The lowest BCUT2D eigenvalue weighted by Gasteiger charge is -2.16. The van der Waals surface area contributed by atoms with Crippen LogP contribution in [-0.4, -0.2) is 5.97 Å². The number of rotatable bonds is 2. The van der Waals surface area contributed by atoms with Crippen LogP contribution in [0.1, 0.15) is 33.3 Å². The number of carbonyl (C=O) groups excluding carboxylic acids is 1. The number of benzene rings is 1. The maximum absolute atomic E-state index is 11.7. The molecule has 3 heteroatoms. The number of hydrogen-bond acceptors (Lipinski definition) is 3. The Hall–Kier alpha value is -2.47. The van der Waals surface area contributed by atoms with Gasteiger partial charge in [0.05, 0.1) is 0 Å². The maximum Gasteiger partial charge on any atom is 0.349 e. The topological polar surface area (TPSA) is 38.3 Å². The van der Waals surface area contributed by atoms with E-state index in [1.54, 1.807) is 6.07 Å². The molecular weight excluding hydrogens is 238 g/mol. The van der Waals surface area contributed by atoms with E-state index < -0.39 is 6.23 Å². The Kier molecular flexibility index (Phi) is 2.64. The van der Waals surface area contributed by atoms with Gasteiger partial charge in [0.15, 0.2) is 0 Å². The van der Waals surface area contributed by atoms with Gasteiger partial charge in [-0.3, -0.25) is 0 Å². The molecule has 0 saturated carbocycles. The molecule has 3 rings (SSSR count). The van der Waals surface area contributed by atoms with Gasteiger partial charge in [-0.1, -0.05) is 24.3 Å². The Morgan fingerprint density at radius 3 is 2.95 bits per heavy atom. The molecule has 0 aromatic heterocycles. The van der Waals surface area contributed by atoms with Crippen LogP contribution in [0, 0.1) is 26.0 Å². The summed E-state index contributed by atoms with van der Waals surface area (Å²) in [7, 11) is 0. The van der Waals surface area contributed by atoms with Crippen molar-refractivity contribution in [1.82, 2.24) is 0 Å². The first-order chi connectivity index (χ1) is 9.15. The number of carbonyl (C=O) groups is 1. The summed E-state index contributed by atoms with van der Waals surface area (Å²) in [6, 6.07) is 15.3. The van der Waals surface area contributed by atoms with Crippen molar-refractivity contribution in [3.63, 3.8) is 0 Å². The third-order valence-electron chi connectivity index (χ3n) is 3.22. The largest absolute Gasteiger partial charge is 0.433 e. The fourth-order valence-corrected chi connectivity index (χ4v) is 2.16. The highest BCUT2D eigenvalue weighted by Gasteiger charge is 2.31. The molecule has 0 saturated heterocycles. The molecule has 2 aromatic rings. The Balaban J connectivity index is 1.93. The van der Waals surface area contributed by atoms with Gasteiger partial charge in [-0.05, 0) is 43.2 Å². The molecule has 2 aromatic carbocycles. The van der Waals surface area contributed by atoms with Crippen LogP contribution in [0.5, 0.6) is 0 Å². The molecule has 1 aliphatic heterocycles. The quantitative estimate of drug-likeness (QED) is 0.833. The summed E-state index contributed by atoms with van der Waals surface area (Å²) in [5.74, 6) is -0.352. The molecule has 3 nitrogen and oxygen atoms in total. The van der Waals surface area contributed by atoms with Crippen molar-refractivity contribution < 1.29 is 9.53 Å². The minimum atomic E-state index is -0.450. The average molecular weight is 251 g/mol. The third kappa shape index (κ3) is 2.02. The van der Waals surface area contributed by atoms with Crippen molar-refractivity contribution in [2.24, 2.45) is 0 Å². The predicted molar refractivity (Wildman–Crippen MR) is 71.8 cm³/mol. The molecule has 1 N–H and O–H groups in total. The Morgan fingerprint density at radius 1 is 1.26 bits per heavy atom. The van der Waals surface area contributed by atoms with E-state index in [1.165, 1.54) is 0 Å². The van der Waals surface area contributed by atoms with Crippen molar-refractivity contribution in [2.75, 3.05) is 5.32 Å². The summed E-state index contributed by atoms with van der Waals surface area (Å²) in [5, 5.41) is 3.26. The van der Waals surface area contributed by atoms with Gasteiger partial charge < -0.3 is 10.1 Å². The van der Waals surface area contributed by atoms with Crippen LogP contribution >= 0.6 is 0 Å². The van der Waals surface area contributed by atoms with E-state index in [9.17, 15) is 4.79 Å². The van der Waals surface area contributed by atoms with Gasteiger partial charge in [0, 0.05) is 11.3 Å². The third-order valence-corrected chi connectivity index (χ3v) is 3.22. The lowest BCUT2D eigenvalue weighted by Crippen LogP contribution is -2.11. The molecule has 0 spiro atoms. The van der Waals surface area contributed by atoms with Crippen molar-refractivity contribution in [1.29, 1.82) is 0 Å². The molecule has 0 fully saturated rings. The molecule has 0 amide bonds.